The predicted molar refractivity (Wildman–Crippen MR) is 68.8 cm³/mol. The summed E-state index contributed by atoms with van der Waals surface area (Å²) in [6, 6.07) is 1.38. The summed E-state index contributed by atoms with van der Waals surface area (Å²) in [5.74, 6) is -2.07. The first kappa shape index (κ1) is 16.3. The highest BCUT2D eigenvalue weighted by Gasteiger charge is 2.21. The number of anilines is 1. The number of hydrogen-bond donors (Lipinski definition) is 1. The Labute approximate surface area is 114 Å². The van der Waals surface area contributed by atoms with Crippen LogP contribution in [0, 0.1) is 21.7 Å². The number of halogens is 2. The van der Waals surface area contributed by atoms with E-state index in [0.29, 0.717) is 38.9 Å². The van der Waals surface area contributed by atoms with Crippen LogP contribution < -0.4 is 5.32 Å². The number of ether oxygens (including phenoxy) is 2. The van der Waals surface area contributed by atoms with E-state index in [4.69, 9.17) is 9.47 Å². The van der Waals surface area contributed by atoms with Crippen molar-refractivity contribution in [3.8, 4) is 0 Å². The number of nitrogens with zero attached hydrogens (tertiary/aromatic N) is 1. The molecule has 0 aliphatic heterocycles. The van der Waals surface area contributed by atoms with Gasteiger partial charge in [-0.2, -0.15) is 4.39 Å². The number of nitro groups is 1. The summed E-state index contributed by atoms with van der Waals surface area (Å²) < 4.78 is 36.3. The van der Waals surface area contributed by atoms with Crippen molar-refractivity contribution in [3.63, 3.8) is 0 Å². The Bertz CT molecular complexity index is 457. The molecule has 112 valence electrons. The van der Waals surface area contributed by atoms with E-state index in [1.54, 1.807) is 7.11 Å². The molecule has 20 heavy (non-hydrogen) atoms. The third-order valence-corrected chi connectivity index (χ3v) is 2.42. The van der Waals surface area contributed by atoms with E-state index in [1.807, 2.05) is 0 Å². The minimum Gasteiger partial charge on any atom is -0.382 e. The van der Waals surface area contributed by atoms with Crippen LogP contribution in [0.2, 0.25) is 0 Å². The van der Waals surface area contributed by atoms with Crippen LogP contribution in [0.15, 0.2) is 12.1 Å². The zero-order valence-corrected chi connectivity index (χ0v) is 11.0. The second-order valence-corrected chi connectivity index (χ2v) is 3.93. The topological polar surface area (TPSA) is 73.6 Å². The van der Waals surface area contributed by atoms with Crippen molar-refractivity contribution in [2.75, 3.05) is 38.8 Å². The summed E-state index contributed by atoms with van der Waals surface area (Å²) in [7, 11) is 1.56. The van der Waals surface area contributed by atoms with Crippen molar-refractivity contribution in [2.45, 2.75) is 6.42 Å². The largest absolute Gasteiger partial charge is 0.382 e. The van der Waals surface area contributed by atoms with Crippen molar-refractivity contribution in [1.29, 1.82) is 0 Å². The van der Waals surface area contributed by atoms with Gasteiger partial charge < -0.3 is 14.8 Å². The maximum absolute atomic E-state index is 13.3. The monoisotopic (exact) mass is 290 g/mol. The Balaban J connectivity index is 2.49. The fourth-order valence-electron chi connectivity index (χ4n) is 1.53. The molecule has 8 heteroatoms. The number of nitro benzene ring substituents is 1. The molecule has 0 radical (unpaired) electrons. The minimum absolute atomic E-state index is 0.176. The fourth-order valence-corrected chi connectivity index (χ4v) is 1.53. The number of benzene rings is 1. The lowest BCUT2D eigenvalue weighted by molar-refractivity contribution is -0.386. The zero-order chi connectivity index (χ0) is 15.0. The number of nitrogens with one attached hydrogen (secondary N) is 1. The van der Waals surface area contributed by atoms with Crippen molar-refractivity contribution in [3.05, 3.63) is 33.9 Å². The van der Waals surface area contributed by atoms with Crippen molar-refractivity contribution in [2.24, 2.45) is 0 Å². The van der Waals surface area contributed by atoms with Gasteiger partial charge in [0.15, 0.2) is 0 Å². The molecule has 0 fully saturated rings. The van der Waals surface area contributed by atoms with Gasteiger partial charge in [-0.15, -0.1) is 0 Å². The fraction of sp³-hybridized carbons (Fsp3) is 0.500. The Kier molecular flexibility index (Phi) is 6.82. The molecular weight excluding hydrogens is 274 g/mol. The van der Waals surface area contributed by atoms with Gasteiger partial charge in [-0.3, -0.25) is 10.1 Å². The molecule has 0 aliphatic carbocycles. The first-order chi connectivity index (χ1) is 9.56. The summed E-state index contributed by atoms with van der Waals surface area (Å²) in [4.78, 5) is 9.84. The van der Waals surface area contributed by atoms with Crippen molar-refractivity contribution in [1.82, 2.24) is 0 Å². The average Bonchev–Trinajstić information content (AvgIpc) is 2.36. The van der Waals surface area contributed by atoms with Crippen LogP contribution in [0.5, 0.6) is 0 Å². The van der Waals surface area contributed by atoms with Crippen molar-refractivity contribution < 1.29 is 23.2 Å². The molecule has 1 rings (SSSR count). The van der Waals surface area contributed by atoms with E-state index in [9.17, 15) is 18.9 Å². The molecule has 0 aliphatic rings. The third kappa shape index (κ3) is 5.06. The molecule has 0 aromatic heterocycles. The van der Waals surface area contributed by atoms with Gasteiger partial charge in [-0.05, 0) is 6.42 Å². The standard InChI is InChI=1S/C12H16F2N2O4/c1-19-5-6-20-4-2-3-15-11-8-9(13)7-10(14)12(11)16(17)18/h7-8,15H,2-6H2,1H3. The van der Waals surface area contributed by atoms with E-state index >= 15 is 0 Å². The van der Waals surface area contributed by atoms with Crippen LogP contribution in [-0.4, -0.2) is 38.4 Å². The quantitative estimate of drug-likeness (QED) is 0.429. The number of methoxy groups -OCH3 is 1. The van der Waals surface area contributed by atoms with Gasteiger partial charge in [-0.1, -0.05) is 0 Å². The van der Waals surface area contributed by atoms with Gasteiger partial charge in [0.05, 0.1) is 18.1 Å². The van der Waals surface area contributed by atoms with Gasteiger partial charge >= 0.3 is 5.69 Å². The summed E-state index contributed by atoms with van der Waals surface area (Å²) >= 11 is 0. The van der Waals surface area contributed by atoms with Crippen LogP contribution >= 0.6 is 0 Å². The highest BCUT2D eigenvalue weighted by Crippen LogP contribution is 2.28. The van der Waals surface area contributed by atoms with E-state index in [0.717, 1.165) is 6.07 Å². The highest BCUT2D eigenvalue weighted by atomic mass is 19.1. The van der Waals surface area contributed by atoms with E-state index in [2.05, 4.69) is 5.32 Å². The van der Waals surface area contributed by atoms with Gasteiger partial charge in [0.1, 0.15) is 11.5 Å². The molecule has 1 N–H and O–H groups in total. The van der Waals surface area contributed by atoms with E-state index in [-0.39, 0.29) is 5.69 Å². The van der Waals surface area contributed by atoms with Crippen LogP contribution in [-0.2, 0) is 9.47 Å². The lowest BCUT2D eigenvalue weighted by Gasteiger charge is -2.08. The van der Waals surface area contributed by atoms with Gasteiger partial charge in [0, 0.05) is 32.4 Å². The molecule has 0 heterocycles. The number of hydrogen-bond acceptors (Lipinski definition) is 5. The summed E-state index contributed by atoms with van der Waals surface area (Å²) in [5.41, 5.74) is -0.934. The van der Waals surface area contributed by atoms with E-state index < -0.39 is 22.2 Å². The molecule has 0 atom stereocenters. The first-order valence-electron chi connectivity index (χ1n) is 6.00. The van der Waals surface area contributed by atoms with Crippen LogP contribution in [0.25, 0.3) is 0 Å². The second kappa shape index (κ2) is 8.39. The molecule has 0 saturated heterocycles. The average molecular weight is 290 g/mol. The molecule has 1 aromatic rings. The maximum atomic E-state index is 13.3. The summed E-state index contributed by atoms with van der Waals surface area (Å²) in [6.45, 7) is 1.65. The Hall–Kier alpha value is -1.80. The van der Waals surface area contributed by atoms with Gasteiger partial charge in [0.25, 0.3) is 0 Å². The minimum atomic E-state index is -1.20. The Morgan fingerprint density at radius 3 is 2.70 bits per heavy atom. The van der Waals surface area contributed by atoms with Crippen LogP contribution in [0.1, 0.15) is 6.42 Å². The van der Waals surface area contributed by atoms with Crippen molar-refractivity contribution >= 4 is 11.4 Å². The molecule has 0 spiro atoms. The van der Waals surface area contributed by atoms with Gasteiger partial charge in [0.2, 0.25) is 5.82 Å². The first-order valence-corrected chi connectivity index (χ1v) is 6.00. The van der Waals surface area contributed by atoms with Crippen LogP contribution in [0.4, 0.5) is 20.2 Å². The van der Waals surface area contributed by atoms with Crippen LogP contribution in [0.3, 0.4) is 0 Å². The zero-order valence-electron chi connectivity index (χ0n) is 11.0. The highest BCUT2D eigenvalue weighted by molar-refractivity contribution is 5.62. The van der Waals surface area contributed by atoms with E-state index in [1.165, 1.54) is 0 Å². The summed E-state index contributed by atoms with van der Waals surface area (Å²) in [5, 5.41) is 13.4. The molecule has 1 aromatic carbocycles. The Morgan fingerprint density at radius 1 is 1.30 bits per heavy atom. The SMILES string of the molecule is COCCOCCCNc1cc(F)cc(F)c1[N+](=O)[O-]. The molecule has 6 nitrogen and oxygen atoms in total. The smallest absolute Gasteiger partial charge is 0.327 e. The summed E-state index contributed by atoms with van der Waals surface area (Å²) in [6.07, 6.45) is 0.541. The molecule has 0 amide bonds. The van der Waals surface area contributed by atoms with Gasteiger partial charge in [-0.25, -0.2) is 4.39 Å². The maximum Gasteiger partial charge on any atom is 0.327 e. The third-order valence-electron chi connectivity index (χ3n) is 2.42. The predicted octanol–water partition coefficient (Wildman–Crippen LogP) is 2.34. The lowest BCUT2D eigenvalue weighted by atomic mass is 10.2. The molecule has 0 bridgehead atoms. The number of rotatable bonds is 9. The molecule has 0 unspecified atom stereocenters. The second-order valence-electron chi connectivity index (χ2n) is 3.93. The lowest BCUT2D eigenvalue weighted by Crippen LogP contribution is -2.10. The molecular formula is C12H16F2N2O4. The Morgan fingerprint density at radius 2 is 2.05 bits per heavy atom. The molecule has 0 saturated carbocycles. The normalized spacial score (nSPS) is 10.6.